The number of anilines is 1. The van der Waals surface area contributed by atoms with Gasteiger partial charge in [-0.25, -0.2) is 0 Å². The number of nitrogens with zero attached hydrogens (tertiary/aromatic N) is 2. The zero-order valence-electron chi connectivity index (χ0n) is 7.18. The third-order valence-corrected chi connectivity index (χ3v) is 1.60. The van der Waals surface area contributed by atoms with Crippen molar-refractivity contribution in [1.82, 2.24) is 10.1 Å². The number of rotatable bonds is 2. The van der Waals surface area contributed by atoms with Crippen molar-refractivity contribution < 1.29 is 9.32 Å². The SMILES string of the molecule is O=C(Nc1ccon1)c1cccnc1. The van der Waals surface area contributed by atoms with Crippen LogP contribution in [0.1, 0.15) is 10.4 Å². The summed E-state index contributed by atoms with van der Waals surface area (Å²) in [5.41, 5.74) is 0.482. The molecule has 0 saturated heterocycles. The van der Waals surface area contributed by atoms with Gasteiger partial charge in [0, 0.05) is 18.5 Å². The number of carbonyl (C=O) groups is 1. The van der Waals surface area contributed by atoms with Crippen molar-refractivity contribution in [2.75, 3.05) is 5.32 Å². The topological polar surface area (TPSA) is 68.0 Å². The van der Waals surface area contributed by atoms with Gasteiger partial charge in [0.15, 0.2) is 5.82 Å². The molecule has 0 bridgehead atoms. The Morgan fingerprint density at radius 1 is 1.43 bits per heavy atom. The zero-order chi connectivity index (χ0) is 9.80. The van der Waals surface area contributed by atoms with Gasteiger partial charge < -0.3 is 9.84 Å². The van der Waals surface area contributed by atoms with Crippen LogP contribution in [0.15, 0.2) is 41.4 Å². The summed E-state index contributed by atoms with van der Waals surface area (Å²) < 4.78 is 4.57. The number of amides is 1. The second kappa shape index (κ2) is 3.69. The molecule has 0 fully saturated rings. The highest BCUT2D eigenvalue weighted by Crippen LogP contribution is 2.04. The van der Waals surface area contributed by atoms with Gasteiger partial charge in [-0.15, -0.1) is 0 Å². The van der Waals surface area contributed by atoms with Gasteiger partial charge in [-0.1, -0.05) is 5.16 Å². The minimum absolute atomic E-state index is 0.257. The van der Waals surface area contributed by atoms with Gasteiger partial charge in [0.25, 0.3) is 5.91 Å². The summed E-state index contributed by atoms with van der Waals surface area (Å²) in [6, 6.07) is 4.92. The molecule has 0 aliphatic rings. The first-order valence-electron chi connectivity index (χ1n) is 3.98. The average molecular weight is 189 g/mol. The summed E-state index contributed by atoms with van der Waals surface area (Å²) in [4.78, 5) is 15.3. The van der Waals surface area contributed by atoms with E-state index in [1.165, 1.54) is 12.5 Å². The van der Waals surface area contributed by atoms with Crippen LogP contribution >= 0.6 is 0 Å². The molecule has 0 saturated carbocycles. The number of pyridine rings is 1. The Balaban J connectivity index is 2.11. The van der Waals surface area contributed by atoms with E-state index in [4.69, 9.17) is 0 Å². The molecule has 1 N–H and O–H groups in total. The fraction of sp³-hybridized carbons (Fsp3) is 0. The predicted octanol–water partition coefficient (Wildman–Crippen LogP) is 1.32. The maximum atomic E-state index is 11.5. The van der Waals surface area contributed by atoms with Gasteiger partial charge in [-0.05, 0) is 12.1 Å². The lowest BCUT2D eigenvalue weighted by molar-refractivity contribution is 0.102. The van der Waals surface area contributed by atoms with Crippen molar-refractivity contribution in [3.8, 4) is 0 Å². The minimum atomic E-state index is -0.257. The van der Waals surface area contributed by atoms with Crippen LogP contribution in [0.5, 0.6) is 0 Å². The van der Waals surface area contributed by atoms with Gasteiger partial charge in [0.2, 0.25) is 0 Å². The van der Waals surface area contributed by atoms with E-state index in [-0.39, 0.29) is 5.91 Å². The van der Waals surface area contributed by atoms with E-state index in [0.717, 1.165) is 0 Å². The molecule has 70 valence electrons. The van der Waals surface area contributed by atoms with Gasteiger partial charge >= 0.3 is 0 Å². The second-order valence-electron chi connectivity index (χ2n) is 2.58. The van der Waals surface area contributed by atoms with Crippen molar-refractivity contribution in [3.63, 3.8) is 0 Å². The number of aromatic nitrogens is 2. The first-order valence-corrected chi connectivity index (χ1v) is 3.98. The first kappa shape index (κ1) is 8.43. The summed E-state index contributed by atoms with van der Waals surface area (Å²) >= 11 is 0. The lowest BCUT2D eigenvalue weighted by atomic mass is 10.3. The molecule has 2 heterocycles. The molecule has 0 aliphatic carbocycles. The molecule has 14 heavy (non-hydrogen) atoms. The largest absolute Gasteiger partial charge is 0.363 e. The average Bonchev–Trinajstić information content (AvgIpc) is 2.72. The normalized spacial score (nSPS) is 9.71. The summed E-state index contributed by atoms with van der Waals surface area (Å²) in [6.07, 6.45) is 4.47. The maximum Gasteiger partial charge on any atom is 0.258 e. The van der Waals surface area contributed by atoms with Crippen LogP contribution < -0.4 is 5.32 Å². The fourth-order valence-corrected chi connectivity index (χ4v) is 0.963. The van der Waals surface area contributed by atoms with Crippen molar-refractivity contribution in [3.05, 3.63) is 42.4 Å². The Morgan fingerprint density at radius 3 is 3.00 bits per heavy atom. The molecule has 2 aromatic rings. The van der Waals surface area contributed by atoms with Crippen LogP contribution in [0.4, 0.5) is 5.82 Å². The monoisotopic (exact) mass is 189 g/mol. The standard InChI is InChI=1S/C9H7N3O2/c13-9(7-2-1-4-10-6-7)11-8-3-5-14-12-8/h1-6H,(H,11,12,13). The third-order valence-electron chi connectivity index (χ3n) is 1.60. The molecule has 0 radical (unpaired) electrons. The quantitative estimate of drug-likeness (QED) is 0.773. The predicted molar refractivity (Wildman–Crippen MR) is 48.7 cm³/mol. The highest BCUT2D eigenvalue weighted by Gasteiger charge is 2.06. The molecular formula is C9H7N3O2. The summed E-state index contributed by atoms with van der Waals surface area (Å²) in [6.45, 7) is 0. The summed E-state index contributed by atoms with van der Waals surface area (Å²) in [5.74, 6) is 0.130. The Morgan fingerprint density at radius 2 is 2.36 bits per heavy atom. The van der Waals surface area contributed by atoms with Crippen molar-refractivity contribution in [2.24, 2.45) is 0 Å². The van der Waals surface area contributed by atoms with Crippen molar-refractivity contribution in [2.45, 2.75) is 0 Å². The molecule has 0 unspecified atom stereocenters. The summed E-state index contributed by atoms with van der Waals surface area (Å²) in [5, 5.41) is 6.11. The lowest BCUT2D eigenvalue weighted by Crippen LogP contribution is -2.11. The highest BCUT2D eigenvalue weighted by molar-refractivity contribution is 6.03. The number of nitrogens with one attached hydrogen (secondary N) is 1. The number of hydrogen-bond acceptors (Lipinski definition) is 4. The van der Waals surface area contributed by atoms with E-state index < -0.39 is 0 Å². The van der Waals surface area contributed by atoms with Gasteiger partial charge in [0.1, 0.15) is 6.26 Å². The van der Waals surface area contributed by atoms with E-state index in [1.807, 2.05) is 0 Å². The van der Waals surface area contributed by atoms with Crippen molar-refractivity contribution in [1.29, 1.82) is 0 Å². The van der Waals surface area contributed by atoms with Gasteiger partial charge in [0.05, 0.1) is 5.56 Å². The van der Waals surface area contributed by atoms with Crippen LogP contribution in [0.25, 0.3) is 0 Å². The van der Waals surface area contributed by atoms with Crippen LogP contribution in [0, 0.1) is 0 Å². The van der Waals surface area contributed by atoms with Gasteiger partial charge in [-0.2, -0.15) is 0 Å². The highest BCUT2D eigenvalue weighted by atomic mass is 16.5. The van der Waals surface area contributed by atoms with Crippen LogP contribution in [-0.4, -0.2) is 16.0 Å². The molecule has 2 aromatic heterocycles. The Hall–Kier alpha value is -2.17. The Bertz CT molecular complexity index is 411. The van der Waals surface area contributed by atoms with Crippen molar-refractivity contribution >= 4 is 11.7 Å². The van der Waals surface area contributed by atoms with E-state index in [2.05, 4.69) is 20.0 Å². The molecule has 2 rings (SSSR count). The minimum Gasteiger partial charge on any atom is -0.363 e. The smallest absolute Gasteiger partial charge is 0.258 e. The molecule has 5 nitrogen and oxygen atoms in total. The third kappa shape index (κ3) is 1.77. The second-order valence-corrected chi connectivity index (χ2v) is 2.58. The van der Waals surface area contributed by atoms with E-state index in [1.54, 1.807) is 24.4 Å². The molecule has 1 amide bonds. The van der Waals surface area contributed by atoms with Gasteiger partial charge in [-0.3, -0.25) is 9.78 Å². The Labute approximate surface area is 79.7 Å². The van der Waals surface area contributed by atoms with E-state index in [0.29, 0.717) is 11.4 Å². The maximum absolute atomic E-state index is 11.5. The lowest BCUT2D eigenvalue weighted by Gasteiger charge is -1.99. The Kier molecular flexibility index (Phi) is 2.22. The zero-order valence-corrected chi connectivity index (χ0v) is 7.18. The molecule has 0 aliphatic heterocycles. The summed E-state index contributed by atoms with van der Waals surface area (Å²) in [7, 11) is 0. The fourth-order valence-electron chi connectivity index (χ4n) is 0.963. The molecule has 5 heteroatoms. The number of carbonyl (C=O) groups excluding carboxylic acids is 1. The molecule has 0 spiro atoms. The van der Waals surface area contributed by atoms with Crippen LogP contribution in [0.2, 0.25) is 0 Å². The van der Waals surface area contributed by atoms with Crippen LogP contribution in [0.3, 0.4) is 0 Å². The number of hydrogen-bond donors (Lipinski definition) is 1. The molecule has 0 atom stereocenters. The van der Waals surface area contributed by atoms with E-state index >= 15 is 0 Å². The van der Waals surface area contributed by atoms with E-state index in [9.17, 15) is 4.79 Å². The molecular weight excluding hydrogens is 182 g/mol. The van der Waals surface area contributed by atoms with Crippen LogP contribution in [-0.2, 0) is 0 Å². The molecule has 0 aromatic carbocycles. The first-order chi connectivity index (χ1) is 6.86.